The maximum atomic E-state index is 13.0. The molecule has 0 N–H and O–H groups in total. The van der Waals surface area contributed by atoms with E-state index in [2.05, 4.69) is 81.5 Å². The van der Waals surface area contributed by atoms with Crippen LogP contribution in [0.2, 0.25) is 0 Å². The average Bonchev–Trinajstić information content (AvgIpc) is 3.49. The Kier molecular flexibility index (Phi) is 69.1. The Morgan fingerprint density at radius 3 is 0.747 bits per heavy atom. The highest BCUT2D eigenvalue weighted by atomic mass is 16.6. The number of hydrogen-bond donors (Lipinski definition) is 0. The van der Waals surface area contributed by atoms with Gasteiger partial charge in [0.2, 0.25) is 0 Å². The molecule has 484 valence electrons. The second-order valence-electron chi connectivity index (χ2n) is 24.8. The SMILES string of the molecule is CC/C=C\C/C=C\C/C=C\C/C=C\CCCCCCCCCCC(=O)OC(COC(=O)CCCCCCCCCCC/C=C\CCCCCCCCCC)COC(=O)CCCCCCCCCCCCCCCCCCCCCCCCC. The van der Waals surface area contributed by atoms with Gasteiger partial charge in [-0.25, -0.2) is 0 Å². The fourth-order valence-corrected chi connectivity index (χ4v) is 11.0. The predicted octanol–water partition coefficient (Wildman–Crippen LogP) is 25.5. The smallest absolute Gasteiger partial charge is 0.306 e. The summed E-state index contributed by atoms with van der Waals surface area (Å²) < 4.78 is 17.0. The molecule has 0 aromatic rings. The Morgan fingerprint density at radius 2 is 0.470 bits per heavy atom. The van der Waals surface area contributed by atoms with Gasteiger partial charge in [0.1, 0.15) is 13.2 Å². The number of allylic oxidation sites excluding steroid dienone is 10. The molecule has 0 bridgehead atoms. The fourth-order valence-electron chi connectivity index (χ4n) is 11.0. The van der Waals surface area contributed by atoms with Crippen LogP contribution in [-0.2, 0) is 28.6 Å². The van der Waals surface area contributed by atoms with Gasteiger partial charge in [0.05, 0.1) is 0 Å². The van der Waals surface area contributed by atoms with Gasteiger partial charge in [-0.1, -0.05) is 351 Å². The summed E-state index contributed by atoms with van der Waals surface area (Å²) in [5.41, 5.74) is 0. The third kappa shape index (κ3) is 69.8. The van der Waals surface area contributed by atoms with Crippen LogP contribution in [0.5, 0.6) is 0 Å². The molecule has 6 nitrogen and oxygen atoms in total. The van der Waals surface area contributed by atoms with Gasteiger partial charge in [-0.3, -0.25) is 14.4 Å². The second-order valence-corrected chi connectivity index (χ2v) is 24.8. The number of carbonyl (C=O) groups is 3. The van der Waals surface area contributed by atoms with E-state index in [0.29, 0.717) is 19.3 Å². The van der Waals surface area contributed by atoms with Crippen molar-refractivity contribution in [2.45, 2.75) is 399 Å². The van der Waals surface area contributed by atoms with Crippen LogP contribution >= 0.6 is 0 Å². The molecule has 6 heteroatoms. The number of ether oxygens (including phenoxy) is 3. The molecule has 0 amide bonds. The summed E-state index contributed by atoms with van der Waals surface area (Å²) >= 11 is 0. The highest BCUT2D eigenvalue weighted by Gasteiger charge is 2.19. The molecule has 0 spiro atoms. The summed E-state index contributed by atoms with van der Waals surface area (Å²) in [4.78, 5) is 38.6. The minimum absolute atomic E-state index is 0.0739. The molecule has 1 unspecified atom stereocenters. The van der Waals surface area contributed by atoms with Crippen LogP contribution < -0.4 is 0 Å². The van der Waals surface area contributed by atoms with E-state index in [-0.39, 0.29) is 31.1 Å². The van der Waals surface area contributed by atoms with E-state index < -0.39 is 6.10 Å². The number of esters is 3. The van der Waals surface area contributed by atoms with E-state index in [1.54, 1.807) is 0 Å². The van der Waals surface area contributed by atoms with Gasteiger partial charge in [-0.05, 0) is 83.5 Å². The molecular weight excluding hydrogens is 1020 g/mol. The average molecular weight is 1160 g/mol. The fraction of sp³-hybridized carbons (Fsp3) is 0.831. The Hall–Kier alpha value is -2.89. The molecule has 0 saturated carbocycles. The van der Waals surface area contributed by atoms with Crippen molar-refractivity contribution in [2.75, 3.05) is 13.2 Å². The lowest BCUT2D eigenvalue weighted by atomic mass is 10.0. The van der Waals surface area contributed by atoms with E-state index in [1.807, 2.05) is 0 Å². The monoisotopic (exact) mass is 1160 g/mol. The van der Waals surface area contributed by atoms with Crippen LogP contribution in [0.1, 0.15) is 393 Å². The Bertz CT molecular complexity index is 1470. The molecule has 0 heterocycles. The molecule has 0 aliphatic heterocycles. The summed E-state index contributed by atoms with van der Waals surface area (Å²) in [5, 5.41) is 0. The van der Waals surface area contributed by atoms with Gasteiger partial charge in [0.25, 0.3) is 0 Å². The molecule has 0 fully saturated rings. The van der Waals surface area contributed by atoms with Gasteiger partial charge in [-0.15, -0.1) is 0 Å². The highest BCUT2D eigenvalue weighted by Crippen LogP contribution is 2.19. The van der Waals surface area contributed by atoms with Crippen LogP contribution in [0.3, 0.4) is 0 Å². The lowest BCUT2D eigenvalue weighted by Crippen LogP contribution is -2.30. The van der Waals surface area contributed by atoms with Crippen molar-refractivity contribution in [2.24, 2.45) is 0 Å². The van der Waals surface area contributed by atoms with Crippen LogP contribution in [0.15, 0.2) is 60.8 Å². The van der Waals surface area contributed by atoms with E-state index in [0.717, 1.165) is 89.9 Å². The lowest BCUT2D eigenvalue weighted by molar-refractivity contribution is -0.167. The van der Waals surface area contributed by atoms with Crippen molar-refractivity contribution in [3.05, 3.63) is 60.8 Å². The van der Waals surface area contributed by atoms with E-state index >= 15 is 0 Å². The zero-order chi connectivity index (χ0) is 59.9. The second kappa shape index (κ2) is 71.6. The lowest BCUT2D eigenvalue weighted by Gasteiger charge is -2.18. The van der Waals surface area contributed by atoms with Gasteiger partial charge in [0.15, 0.2) is 6.10 Å². The molecule has 0 aliphatic carbocycles. The first-order chi connectivity index (χ1) is 41.0. The third-order valence-electron chi connectivity index (χ3n) is 16.5. The molecule has 0 radical (unpaired) electrons. The topological polar surface area (TPSA) is 78.9 Å². The Balaban J connectivity index is 4.34. The van der Waals surface area contributed by atoms with Crippen molar-refractivity contribution in [1.29, 1.82) is 0 Å². The summed E-state index contributed by atoms with van der Waals surface area (Å²) in [6, 6.07) is 0. The van der Waals surface area contributed by atoms with E-state index in [1.165, 1.54) is 263 Å². The molecular formula is C77H140O6. The predicted molar refractivity (Wildman–Crippen MR) is 362 cm³/mol. The van der Waals surface area contributed by atoms with Crippen LogP contribution in [0.4, 0.5) is 0 Å². The van der Waals surface area contributed by atoms with Gasteiger partial charge >= 0.3 is 17.9 Å². The zero-order valence-electron chi connectivity index (χ0n) is 55.7. The van der Waals surface area contributed by atoms with E-state index in [9.17, 15) is 14.4 Å². The van der Waals surface area contributed by atoms with Crippen LogP contribution in [0.25, 0.3) is 0 Å². The van der Waals surface area contributed by atoms with Crippen molar-refractivity contribution in [3.63, 3.8) is 0 Å². The highest BCUT2D eigenvalue weighted by molar-refractivity contribution is 5.71. The minimum Gasteiger partial charge on any atom is -0.462 e. The summed E-state index contributed by atoms with van der Waals surface area (Å²) in [5.74, 6) is -0.856. The number of rotatable bonds is 68. The summed E-state index contributed by atoms with van der Waals surface area (Å²) in [6.07, 6.45) is 92.5. The normalized spacial score (nSPS) is 12.4. The summed E-state index contributed by atoms with van der Waals surface area (Å²) in [7, 11) is 0. The molecule has 0 aromatic heterocycles. The van der Waals surface area contributed by atoms with Crippen molar-refractivity contribution in [3.8, 4) is 0 Å². The van der Waals surface area contributed by atoms with E-state index in [4.69, 9.17) is 14.2 Å². The quantitative estimate of drug-likeness (QED) is 0.0261. The maximum Gasteiger partial charge on any atom is 0.306 e. The van der Waals surface area contributed by atoms with Gasteiger partial charge in [0, 0.05) is 19.3 Å². The summed E-state index contributed by atoms with van der Waals surface area (Å²) in [6.45, 7) is 6.60. The first-order valence-electron chi connectivity index (χ1n) is 36.8. The van der Waals surface area contributed by atoms with Crippen molar-refractivity contribution in [1.82, 2.24) is 0 Å². The Morgan fingerprint density at radius 1 is 0.253 bits per heavy atom. The molecule has 0 aliphatic rings. The maximum absolute atomic E-state index is 13.0. The first kappa shape index (κ1) is 80.1. The molecule has 83 heavy (non-hydrogen) atoms. The zero-order valence-corrected chi connectivity index (χ0v) is 55.7. The van der Waals surface area contributed by atoms with Crippen molar-refractivity contribution < 1.29 is 28.6 Å². The van der Waals surface area contributed by atoms with Crippen LogP contribution in [-0.4, -0.2) is 37.2 Å². The Labute approximate surface area is 517 Å². The number of carbonyl (C=O) groups excluding carboxylic acids is 3. The minimum atomic E-state index is -0.780. The number of unbranched alkanes of at least 4 members (excludes halogenated alkanes) is 47. The standard InChI is InChI=1S/C77H140O6/c1-4-7-10-13-16-19-22-25-28-31-34-37-38-41-43-46-49-52-55-58-61-64-67-70-76(79)82-73-74(83-77(80)71-68-65-62-59-56-53-50-47-44-40-36-33-30-27-24-21-18-15-12-9-6-3)72-81-75(78)69-66-63-60-57-54-51-48-45-42-39-35-32-29-26-23-20-17-14-11-8-5-2/h9,12,18,21,27,30,32,35-36,40,74H,4-8,10-11,13-17,19-20,22-26,28-29,31,33-34,37-39,41-73H2,1-3H3/b12-9-,21-18-,30-27-,35-32-,40-36-. The van der Waals surface area contributed by atoms with Crippen molar-refractivity contribution >= 4 is 17.9 Å². The first-order valence-corrected chi connectivity index (χ1v) is 36.8. The van der Waals surface area contributed by atoms with Crippen LogP contribution in [0, 0.1) is 0 Å². The third-order valence-corrected chi connectivity index (χ3v) is 16.5. The molecule has 0 rings (SSSR count). The van der Waals surface area contributed by atoms with Gasteiger partial charge < -0.3 is 14.2 Å². The molecule has 0 saturated heterocycles. The number of hydrogen-bond acceptors (Lipinski definition) is 6. The molecule has 1 atom stereocenters. The largest absolute Gasteiger partial charge is 0.462 e. The van der Waals surface area contributed by atoms with Gasteiger partial charge in [-0.2, -0.15) is 0 Å². The molecule has 0 aromatic carbocycles.